The highest BCUT2D eigenvalue weighted by atomic mass is 79.9. The molecule has 0 aliphatic heterocycles. The summed E-state index contributed by atoms with van der Waals surface area (Å²) in [5, 5.41) is 9.62. The van der Waals surface area contributed by atoms with Crippen molar-refractivity contribution in [1.29, 1.82) is 0 Å². The minimum atomic E-state index is -0.0905. The summed E-state index contributed by atoms with van der Waals surface area (Å²) in [6.07, 6.45) is 4.31. The van der Waals surface area contributed by atoms with Gasteiger partial charge < -0.3 is 10.0 Å². The van der Waals surface area contributed by atoms with E-state index in [1.165, 1.54) is 0 Å². The first-order chi connectivity index (χ1) is 9.15. The number of hydrogen-bond donors (Lipinski definition) is 1. The van der Waals surface area contributed by atoms with Crippen molar-refractivity contribution in [2.45, 2.75) is 31.7 Å². The molecule has 0 bridgehead atoms. The highest BCUT2D eigenvalue weighted by molar-refractivity contribution is 9.10. The predicted octanol–water partition coefficient (Wildman–Crippen LogP) is 3.48. The van der Waals surface area contributed by atoms with Crippen molar-refractivity contribution >= 4 is 33.4 Å². The Hall–Kier alpha value is -0.580. The maximum Gasteiger partial charge on any atom is 0.255 e. The highest BCUT2D eigenvalue weighted by Gasteiger charge is 2.28. The average molecular weight is 347 g/mol. The summed E-state index contributed by atoms with van der Waals surface area (Å²) in [5.74, 6) is -0.0905. The fourth-order valence-electron chi connectivity index (χ4n) is 2.60. The van der Waals surface area contributed by atoms with E-state index in [0.29, 0.717) is 17.1 Å². The van der Waals surface area contributed by atoms with Crippen molar-refractivity contribution < 1.29 is 9.90 Å². The van der Waals surface area contributed by atoms with E-state index in [9.17, 15) is 9.90 Å². The minimum absolute atomic E-state index is 0.0200. The molecule has 1 amide bonds. The lowest BCUT2D eigenvalue weighted by atomic mass is 10.1. The summed E-state index contributed by atoms with van der Waals surface area (Å²) >= 11 is 9.52. The molecule has 1 saturated carbocycles. The summed E-state index contributed by atoms with van der Waals surface area (Å²) < 4.78 is 0.718. The molecule has 0 atom stereocenters. The van der Waals surface area contributed by atoms with Gasteiger partial charge in [0.05, 0.1) is 17.2 Å². The zero-order chi connectivity index (χ0) is 13.8. The molecule has 0 heterocycles. The van der Waals surface area contributed by atoms with E-state index in [2.05, 4.69) is 15.9 Å². The Balaban J connectivity index is 2.25. The van der Waals surface area contributed by atoms with E-state index in [4.69, 9.17) is 11.6 Å². The first kappa shape index (κ1) is 14.8. The molecule has 1 aliphatic rings. The van der Waals surface area contributed by atoms with Crippen molar-refractivity contribution in [1.82, 2.24) is 4.90 Å². The van der Waals surface area contributed by atoms with Crippen LogP contribution in [0.15, 0.2) is 22.7 Å². The van der Waals surface area contributed by atoms with E-state index >= 15 is 0 Å². The van der Waals surface area contributed by atoms with Crippen LogP contribution in [0.3, 0.4) is 0 Å². The summed E-state index contributed by atoms with van der Waals surface area (Å²) in [6.45, 7) is 0.347. The molecular formula is C14H17BrClNO2. The van der Waals surface area contributed by atoms with Crippen molar-refractivity contribution in [3.05, 3.63) is 33.3 Å². The molecule has 5 heteroatoms. The van der Waals surface area contributed by atoms with Crippen LogP contribution < -0.4 is 0 Å². The quantitative estimate of drug-likeness (QED) is 0.907. The number of amides is 1. The van der Waals surface area contributed by atoms with Gasteiger partial charge in [-0.15, -0.1) is 0 Å². The SMILES string of the molecule is O=C(c1cccc(Br)c1Cl)N(CCO)C1CCCC1. The minimum Gasteiger partial charge on any atom is -0.395 e. The van der Waals surface area contributed by atoms with Gasteiger partial charge in [-0.25, -0.2) is 0 Å². The van der Waals surface area contributed by atoms with Gasteiger partial charge in [-0.2, -0.15) is 0 Å². The molecular weight excluding hydrogens is 330 g/mol. The molecule has 0 saturated heterocycles. The van der Waals surface area contributed by atoms with Gasteiger partial charge in [-0.1, -0.05) is 30.5 Å². The maximum atomic E-state index is 12.6. The molecule has 1 N–H and O–H groups in total. The second-order valence-electron chi connectivity index (χ2n) is 4.76. The van der Waals surface area contributed by atoms with Crippen LogP contribution in [0.2, 0.25) is 5.02 Å². The maximum absolute atomic E-state index is 12.6. The number of carbonyl (C=O) groups is 1. The van der Waals surface area contributed by atoms with E-state index in [1.54, 1.807) is 17.0 Å². The standard InChI is InChI=1S/C14H17BrClNO2/c15-12-7-3-6-11(13(12)16)14(19)17(8-9-18)10-4-1-2-5-10/h3,6-7,10,18H,1-2,4-5,8-9H2. The lowest BCUT2D eigenvalue weighted by Gasteiger charge is -2.28. The lowest BCUT2D eigenvalue weighted by molar-refractivity contribution is 0.0638. The third-order valence-electron chi connectivity index (χ3n) is 3.55. The zero-order valence-electron chi connectivity index (χ0n) is 10.6. The fraction of sp³-hybridized carbons (Fsp3) is 0.500. The van der Waals surface area contributed by atoms with Gasteiger partial charge in [0.15, 0.2) is 0 Å². The Kier molecular flexibility index (Phi) is 5.25. The van der Waals surface area contributed by atoms with E-state index in [1.807, 2.05) is 6.07 Å². The van der Waals surface area contributed by atoms with Crippen LogP contribution in [-0.2, 0) is 0 Å². The number of aliphatic hydroxyl groups excluding tert-OH is 1. The molecule has 1 aromatic carbocycles. The van der Waals surface area contributed by atoms with E-state index < -0.39 is 0 Å². The van der Waals surface area contributed by atoms with Crippen LogP contribution >= 0.6 is 27.5 Å². The van der Waals surface area contributed by atoms with Gasteiger partial charge in [0.25, 0.3) is 5.91 Å². The Morgan fingerprint density at radius 3 is 2.74 bits per heavy atom. The molecule has 104 valence electrons. The molecule has 1 aliphatic carbocycles. The number of benzene rings is 1. The molecule has 0 unspecified atom stereocenters. The smallest absolute Gasteiger partial charge is 0.255 e. The van der Waals surface area contributed by atoms with Crippen molar-refractivity contribution in [2.75, 3.05) is 13.2 Å². The van der Waals surface area contributed by atoms with Crippen molar-refractivity contribution in [3.63, 3.8) is 0 Å². The van der Waals surface area contributed by atoms with Gasteiger partial charge in [-0.05, 0) is 40.9 Å². The Morgan fingerprint density at radius 1 is 1.42 bits per heavy atom. The third kappa shape index (κ3) is 3.30. The topological polar surface area (TPSA) is 40.5 Å². The Bertz CT molecular complexity index is 461. The second-order valence-corrected chi connectivity index (χ2v) is 5.99. The molecule has 1 aromatic rings. The van der Waals surface area contributed by atoms with E-state index in [-0.39, 0.29) is 18.6 Å². The fourth-order valence-corrected chi connectivity index (χ4v) is 3.17. The van der Waals surface area contributed by atoms with Gasteiger partial charge in [0, 0.05) is 17.1 Å². The normalized spacial score (nSPS) is 15.7. The molecule has 3 nitrogen and oxygen atoms in total. The van der Waals surface area contributed by atoms with Crippen LogP contribution in [0.4, 0.5) is 0 Å². The zero-order valence-corrected chi connectivity index (χ0v) is 13.0. The first-order valence-corrected chi connectivity index (χ1v) is 7.68. The summed E-state index contributed by atoms with van der Waals surface area (Å²) in [7, 11) is 0. The molecule has 0 aromatic heterocycles. The summed E-state index contributed by atoms with van der Waals surface area (Å²) in [6, 6.07) is 5.57. The summed E-state index contributed by atoms with van der Waals surface area (Å²) in [5.41, 5.74) is 0.497. The van der Waals surface area contributed by atoms with E-state index in [0.717, 1.165) is 30.2 Å². The first-order valence-electron chi connectivity index (χ1n) is 6.51. The number of aliphatic hydroxyl groups is 1. The van der Waals surface area contributed by atoms with Gasteiger partial charge in [0.2, 0.25) is 0 Å². The number of halogens is 2. The van der Waals surface area contributed by atoms with Crippen molar-refractivity contribution in [2.24, 2.45) is 0 Å². The van der Waals surface area contributed by atoms with Crippen LogP contribution in [0.5, 0.6) is 0 Å². The monoisotopic (exact) mass is 345 g/mol. The van der Waals surface area contributed by atoms with Crippen molar-refractivity contribution in [3.8, 4) is 0 Å². The second kappa shape index (κ2) is 6.73. The number of hydrogen-bond acceptors (Lipinski definition) is 2. The molecule has 2 rings (SSSR count). The average Bonchev–Trinajstić information content (AvgIpc) is 2.92. The highest BCUT2D eigenvalue weighted by Crippen LogP contribution is 2.30. The van der Waals surface area contributed by atoms with Crippen LogP contribution in [-0.4, -0.2) is 35.1 Å². The summed E-state index contributed by atoms with van der Waals surface area (Å²) in [4.78, 5) is 14.4. The Labute approximate surface area is 126 Å². The number of rotatable bonds is 4. The van der Waals surface area contributed by atoms with Gasteiger partial charge >= 0.3 is 0 Å². The largest absolute Gasteiger partial charge is 0.395 e. The van der Waals surface area contributed by atoms with Gasteiger partial charge in [0.1, 0.15) is 0 Å². The van der Waals surface area contributed by atoms with Crippen LogP contribution in [0.1, 0.15) is 36.0 Å². The predicted molar refractivity (Wildman–Crippen MR) is 79.5 cm³/mol. The van der Waals surface area contributed by atoms with Gasteiger partial charge in [-0.3, -0.25) is 4.79 Å². The Morgan fingerprint density at radius 2 is 2.11 bits per heavy atom. The molecule has 1 fully saturated rings. The number of nitrogens with zero attached hydrogens (tertiary/aromatic N) is 1. The molecule has 0 spiro atoms. The molecule has 19 heavy (non-hydrogen) atoms. The van der Waals surface area contributed by atoms with Crippen LogP contribution in [0.25, 0.3) is 0 Å². The third-order valence-corrected chi connectivity index (χ3v) is 4.85. The molecule has 0 radical (unpaired) electrons. The van der Waals surface area contributed by atoms with Crippen LogP contribution in [0, 0.1) is 0 Å². The lowest BCUT2D eigenvalue weighted by Crippen LogP contribution is -2.40. The number of carbonyl (C=O) groups excluding carboxylic acids is 1.